The van der Waals surface area contributed by atoms with Gasteiger partial charge in [-0.25, -0.2) is 9.97 Å². The molecule has 21 heavy (non-hydrogen) atoms. The van der Waals surface area contributed by atoms with Gasteiger partial charge in [0.05, 0.1) is 12.7 Å². The zero-order valence-corrected chi connectivity index (χ0v) is 12.3. The summed E-state index contributed by atoms with van der Waals surface area (Å²) < 4.78 is 5.52. The summed E-state index contributed by atoms with van der Waals surface area (Å²) in [7, 11) is 3.52. The number of aromatic nitrogens is 2. The number of benzene rings is 2. The molecule has 4 heteroatoms. The lowest BCUT2D eigenvalue weighted by molar-refractivity contribution is 0.416. The summed E-state index contributed by atoms with van der Waals surface area (Å²) in [5.41, 5.74) is 1.84. The van der Waals surface area contributed by atoms with E-state index in [0.717, 1.165) is 33.6 Å². The van der Waals surface area contributed by atoms with Crippen molar-refractivity contribution in [2.24, 2.45) is 0 Å². The van der Waals surface area contributed by atoms with Crippen LogP contribution in [0.4, 0.5) is 5.82 Å². The molecule has 1 aromatic heterocycles. The number of rotatable bonds is 3. The highest BCUT2D eigenvalue weighted by Gasteiger charge is 2.14. The zero-order valence-electron chi connectivity index (χ0n) is 12.3. The highest BCUT2D eigenvalue weighted by molar-refractivity contribution is 5.98. The maximum Gasteiger partial charge on any atom is 0.166 e. The van der Waals surface area contributed by atoms with Crippen molar-refractivity contribution in [2.45, 2.75) is 6.92 Å². The molecular weight excluding hydrogens is 262 g/mol. The molecule has 0 atom stereocenters. The molecule has 106 valence electrons. The van der Waals surface area contributed by atoms with Crippen LogP contribution in [0, 0.1) is 6.92 Å². The lowest BCUT2D eigenvalue weighted by atomic mass is 10.0. The Labute approximate surface area is 123 Å². The normalized spacial score (nSPS) is 10.6. The predicted octanol–water partition coefficient (Wildman–Crippen LogP) is 3.66. The zero-order chi connectivity index (χ0) is 14.8. The number of nitrogens with zero attached hydrogens (tertiary/aromatic N) is 2. The van der Waals surface area contributed by atoms with Crippen molar-refractivity contribution in [3.05, 3.63) is 48.2 Å². The molecule has 0 aliphatic carbocycles. The van der Waals surface area contributed by atoms with Crippen LogP contribution < -0.4 is 10.1 Å². The molecule has 0 amide bonds. The predicted molar refractivity (Wildman–Crippen MR) is 85.8 cm³/mol. The Hall–Kier alpha value is -2.62. The van der Waals surface area contributed by atoms with E-state index in [1.54, 1.807) is 7.11 Å². The van der Waals surface area contributed by atoms with Gasteiger partial charge in [0.25, 0.3) is 0 Å². The number of methoxy groups -OCH3 is 1. The summed E-state index contributed by atoms with van der Waals surface area (Å²) >= 11 is 0. The molecule has 0 fully saturated rings. The summed E-state index contributed by atoms with van der Waals surface area (Å²) in [5.74, 6) is 2.25. The van der Waals surface area contributed by atoms with Crippen LogP contribution in [-0.2, 0) is 0 Å². The number of anilines is 1. The molecule has 0 bridgehead atoms. The number of hydrogen-bond donors (Lipinski definition) is 1. The van der Waals surface area contributed by atoms with Crippen LogP contribution in [0.2, 0.25) is 0 Å². The van der Waals surface area contributed by atoms with E-state index < -0.39 is 0 Å². The first-order valence-corrected chi connectivity index (χ1v) is 6.82. The van der Waals surface area contributed by atoms with Crippen molar-refractivity contribution in [3.63, 3.8) is 0 Å². The quantitative estimate of drug-likeness (QED) is 0.795. The van der Waals surface area contributed by atoms with Gasteiger partial charge in [-0.1, -0.05) is 30.3 Å². The topological polar surface area (TPSA) is 47.0 Å². The van der Waals surface area contributed by atoms with Crippen LogP contribution in [0.5, 0.6) is 5.75 Å². The second-order valence-corrected chi connectivity index (χ2v) is 4.83. The molecule has 0 unspecified atom stereocenters. The third-order valence-corrected chi connectivity index (χ3v) is 3.44. The Kier molecular flexibility index (Phi) is 3.44. The fourth-order valence-electron chi connectivity index (χ4n) is 2.46. The summed E-state index contributed by atoms with van der Waals surface area (Å²) in [6.07, 6.45) is 0. The third-order valence-electron chi connectivity index (χ3n) is 3.44. The molecule has 0 aliphatic rings. The SMILES string of the molecule is CNc1cc(C)nc(-c2c(OC)ccc3ccccc23)n1. The average molecular weight is 279 g/mol. The summed E-state index contributed by atoms with van der Waals surface area (Å²) in [5, 5.41) is 5.30. The lowest BCUT2D eigenvalue weighted by Gasteiger charge is -2.12. The van der Waals surface area contributed by atoms with Crippen molar-refractivity contribution in [1.29, 1.82) is 0 Å². The van der Waals surface area contributed by atoms with E-state index in [2.05, 4.69) is 27.4 Å². The Morgan fingerprint density at radius 1 is 1.05 bits per heavy atom. The first-order valence-electron chi connectivity index (χ1n) is 6.82. The van der Waals surface area contributed by atoms with E-state index in [4.69, 9.17) is 4.74 Å². The maximum absolute atomic E-state index is 5.52. The summed E-state index contributed by atoms with van der Waals surface area (Å²) in [6.45, 7) is 1.96. The molecule has 0 spiro atoms. The molecular formula is C17H17N3O. The second kappa shape index (κ2) is 5.40. The van der Waals surface area contributed by atoms with Crippen molar-refractivity contribution >= 4 is 16.6 Å². The summed E-state index contributed by atoms with van der Waals surface area (Å²) in [6, 6.07) is 14.1. The molecule has 1 N–H and O–H groups in total. The average Bonchev–Trinajstić information content (AvgIpc) is 2.53. The lowest BCUT2D eigenvalue weighted by Crippen LogP contribution is -2.00. The fraction of sp³-hybridized carbons (Fsp3) is 0.176. The molecule has 0 saturated carbocycles. The molecule has 0 aliphatic heterocycles. The molecule has 0 saturated heterocycles. The minimum Gasteiger partial charge on any atom is -0.496 e. The minimum atomic E-state index is 0.674. The van der Waals surface area contributed by atoms with Crippen molar-refractivity contribution < 1.29 is 4.74 Å². The molecule has 2 aromatic carbocycles. The first kappa shape index (κ1) is 13.4. The minimum absolute atomic E-state index is 0.674. The van der Waals surface area contributed by atoms with Gasteiger partial charge in [-0.2, -0.15) is 0 Å². The first-order chi connectivity index (χ1) is 10.2. The molecule has 3 rings (SSSR count). The van der Waals surface area contributed by atoms with E-state index in [1.165, 1.54) is 0 Å². The van der Waals surface area contributed by atoms with Crippen LogP contribution >= 0.6 is 0 Å². The van der Waals surface area contributed by atoms with Crippen LogP contribution in [0.1, 0.15) is 5.69 Å². The van der Waals surface area contributed by atoms with Crippen molar-refractivity contribution in [2.75, 3.05) is 19.5 Å². The smallest absolute Gasteiger partial charge is 0.166 e. The van der Waals surface area contributed by atoms with E-state index in [-0.39, 0.29) is 0 Å². The Morgan fingerprint density at radius 2 is 1.86 bits per heavy atom. The molecule has 0 radical (unpaired) electrons. The van der Waals surface area contributed by atoms with Crippen LogP contribution in [0.15, 0.2) is 42.5 Å². The van der Waals surface area contributed by atoms with Crippen molar-refractivity contribution in [3.8, 4) is 17.1 Å². The standard InChI is InChI=1S/C17H17N3O/c1-11-10-15(18-2)20-17(19-11)16-13-7-5-4-6-12(13)8-9-14(16)21-3/h4-10H,1-3H3,(H,18,19,20). The van der Waals surface area contributed by atoms with Gasteiger partial charge in [-0.15, -0.1) is 0 Å². The van der Waals surface area contributed by atoms with Gasteiger partial charge in [0.15, 0.2) is 5.82 Å². The van der Waals surface area contributed by atoms with Gasteiger partial charge in [0, 0.05) is 18.8 Å². The number of ether oxygens (including phenoxy) is 1. The monoisotopic (exact) mass is 279 g/mol. The van der Waals surface area contributed by atoms with Gasteiger partial charge in [-0.05, 0) is 23.8 Å². The molecule has 4 nitrogen and oxygen atoms in total. The largest absolute Gasteiger partial charge is 0.496 e. The number of hydrogen-bond acceptors (Lipinski definition) is 4. The highest BCUT2D eigenvalue weighted by atomic mass is 16.5. The summed E-state index contributed by atoms with van der Waals surface area (Å²) in [4.78, 5) is 9.16. The van der Waals surface area contributed by atoms with Gasteiger partial charge in [0.1, 0.15) is 11.6 Å². The number of nitrogens with one attached hydrogen (secondary N) is 1. The van der Waals surface area contributed by atoms with Gasteiger partial charge < -0.3 is 10.1 Å². The van der Waals surface area contributed by atoms with Crippen LogP contribution in [-0.4, -0.2) is 24.1 Å². The highest BCUT2D eigenvalue weighted by Crippen LogP contribution is 2.35. The van der Waals surface area contributed by atoms with E-state index in [1.807, 2.05) is 44.3 Å². The van der Waals surface area contributed by atoms with Gasteiger partial charge in [0.2, 0.25) is 0 Å². The van der Waals surface area contributed by atoms with Crippen LogP contribution in [0.25, 0.3) is 22.2 Å². The van der Waals surface area contributed by atoms with Gasteiger partial charge >= 0.3 is 0 Å². The van der Waals surface area contributed by atoms with Crippen LogP contribution in [0.3, 0.4) is 0 Å². The second-order valence-electron chi connectivity index (χ2n) is 4.83. The fourth-order valence-corrected chi connectivity index (χ4v) is 2.46. The molecule has 1 heterocycles. The Morgan fingerprint density at radius 3 is 2.62 bits per heavy atom. The Bertz CT molecular complexity index is 799. The van der Waals surface area contributed by atoms with E-state index >= 15 is 0 Å². The Balaban J connectivity index is 2.35. The number of aryl methyl sites for hydroxylation is 1. The third kappa shape index (κ3) is 2.40. The molecule has 3 aromatic rings. The number of fused-ring (bicyclic) bond motifs is 1. The van der Waals surface area contributed by atoms with Gasteiger partial charge in [-0.3, -0.25) is 0 Å². The van der Waals surface area contributed by atoms with Crippen molar-refractivity contribution in [1.82, 2.24) is 9.97 Å². The van der Waals surface area contributed by atoms with E-state index in [0.29, 0.717) is 5.82 Å². The maximum atomic E-state index is 5.52. The van der Waals surface area contributed by atoms with E-state index in [9.17, 15) is 0 Å².